The summed E-state index contributed by atoms with van der Waals surface area (Å²) in [7, 11) is 0. The highest BCUT2D eigenvalue weighted by Gasteiger charge is 2.12. The van der Waals surface area contributed by atoms with Gasteiger partial charge in [0.15, 0.2) is 0 Å². The summed E-state index contributed by atoms with van der Waals surface area (Å²) >= 11 is 0. The first-order valence-corrected chi connectivity index (χ1v) is 3.02. The van der Waals surface area contributed by atoms with Crippen LogP contribution < -0.4 is 5.73 Å². The molecule has 1 rings (SSSR count). The van der Waals surface area contributed by atoms with Crippen molar-refractivity contribution >= 4 is 12.4 Å². The molecule has 0 amide bonds. The van der Waals surface area contributed by atoms with Gasteiger partial charge in [0.25, 0.3) is 6.43 Å². The average Bonchev–Trinajstić information content (AvgIpc) is 2.04. The minimum Gasteiger partial charge on any atom is -0.326 e. The maximum absolute atomic E-state index is 12.1. The zero-order valence-electron chi connectivity index (χ0n) is 6.08. The molecule has 1 aromatic rings. The lowest BCUT2D eigenvalue weighted by Crippen LogP contribution is -2.04. The normalized spacial score (nSPS) is 9.67. The first kappa shape index (κ1) is 11.2. The van der Waals surface area contributed by atoms with Crippen molar-refractivity contribution in [2.24, 2.45) is 5.73 Å². The largest absolute Gasteiger partial charge is 0.326 e. The van der Waals surface area contributed by atoms with Crippen LogP contribution in [0.25, 0.3) is 0 Å². The van der Waals surface area contributed by atoms with E-state index in [1.165, 1.54) is 6.20 Å². The van der Waals surface area contributed by atoms with Crippen LogP contribution in [0.15, 0.2) is 12.5 Å². The molecule has 0 bridgehead atoms. The van der Waals surface area contributed by atoms with Crippen molar-refractivity contribution in [2.75, 3.05) is 0 Å². The third kappa shape index (κ3) is 2.35. The molecular weight excluding hydrogens is 188 g/mol. The fraction of sp³-hybridized carbons (Fsp3) is 0.333. The van der Waals surface area contributed by atoms with Gasteiger partial charge in [-0.15, -0.1) is 12.4 Å². The van der Waals surface area contributed by atoms with Gasteiger partial charge in [0, 0.05) is 18.3 Å². The number of rotatable bonds is 2. The number of halogens is 3. The molecule has 0 aliphatic heterocycles. The fourth-order valence-electron chi connectivity index (χ4n) is 0.722. The number of nitrogens with two attached hydrogens (primary N) is 1. The summed E-state index contributed by atoms with van der Waals surface area (Å²) in [4.78, 5) is 6.98. The third-order valence-electron chi connectivity index (χ3n) is 1.25. The highest BCUT2D eigenvalue weighted by Crippen LogP contribution is 2.18. The Kier molecular flexibility index (Phi) is 4.61. The molecule has 0 saturated carbocycles. The molecule has 0 atom stereocenters. The van der Waals surface area contributed by atoms with Crippen LogP contribution in [0.3, 0.4) is 0 Å². The Morgan fingerprint density at radius 3 is 2.58 bits per heavy atom. The van der Waals surface area contributed by atoms with E-state index >= 15 is 0 Å². The number of hydrogen-bond donors (Lipinski definition) is 1. The second-order valence-electron chi connectivity index (χ2n) is 1.94. The second kappa shape index (κ2) is 4.95. The maximum Gasteiger partial charge on any atom is 0.280 e. The predicted octanol–water partition coefficient (Wildman–Crippen LogP) is 1.29. The van der Waals surface area contributed by atoms with E-state index < -0.39 is 6.43 Å². The highest BCUT2D eigenvalue weighted by molar-refractivity contribution is 5.85. The molecule has 0 aliphatic carbocycles. The zero-order valence-corrected chi connectivity index (χ0v) is 6.89. The van der Waals surface area contributed by atoms with Crippen molar-refractivity contribution < 1.29 is 8.78 Å². The van der Waals surface area contributed by atoms with E-state index in [2.05, 4.69) is 9.97 Å². The van der Waals surface area contributed by atoms with Gasteiger partial charge in [-0.2, -0.15) is 0 Å². The summed E-state index contributed by atoms with van der Waals surface area (Å²) in [5, 5.41) is 0. The van der Waals surface area contributed by atoms with Gasteiger partial charge >= 0.3 is 0 Å². The summed E-state index contributed by atoms with van der Waals surface area (Å²) in [5.41, 5.74) is 5.19. The van der Waals surface area contributed by atoms with E-state index in [-0.39, 0.29) is 24.6 Å². The van der Waals surface area contributed by atoms with Crippen molar-refractivity contribution in [1.82, 2.24) is 9.97 Å². The van der Waals surface area contributed by atoms with Crippen LogP contribution in [0.1, 0.15) is 17.7 Å². The fourth-order valence-corrected chi connectivity index (χ4v) is 0.722. The van der Waals surface area contributed by atoms with Gasteiger partial charge in [-0.3, -0.25) is 0 Å². The molecule has 1 heterocycles. The number of aromatic nitrogens is 2. The van der Waals surface area contributed by atoms with Gasteiger partial charge < -0.3 is 5.73 Å². The van der Waals surface area contributed by atoms with Gasteiger partial charge in [-0.25, -0.2) is 18.7 Å². The van der Waals surface area contributed by atoms with Gasteiger partial charge in [-0.05, 0) is 0 Å². The average molecular weight is 196 g/mol. The van der Waals surface area contributed by atoms with Crippen LogP contribution in [0.2, 0.25) is 0 Å². The molecule has 0 aliphatic rings. The molecule has 0 spiro atoms. The van der Waals surface area contributed by atoms with Gasteiger partial charge in [0.2, 0.25) is 0 Å². The van der Waals surface area contributed by atoms with Gasteiger partial charge in [0.1, 0.15) is 12.0 Å². The van der Waals surface area contributed by atoms with Gasteiger partial charge in [0.05, 0.1) is 0 Å². The van der Waals surface area contributed by atoms with Gasteiger partial charge in [-0.1, -0.05) is 0 Å². The predicted molar refractivity (Wildman–Crippen MR) is 42.1 cm³/mol. The topological polar surface area (TPSA) is 51.8 Å². The highest BCUT2D eigenvalue weighted by atomic mass is 35.5. The van der Waals surface area contributed by atoms with Crippen molar-refractivity contribution in [3.63, 3.8) is 0 Å². The van der Waals surface area contributed by atoms with Crippen LogP contribution in [-0.2, 0) is 6.54 Å². The smallest absolute Gasteiger partial charge is 0.280 e. The molecule has 2 N–H and O–H groups in total. The standard InChI is InChI=1S/C6H7F2N3.ClH/c7-6(8)5-4(1-9)2-10-3-11-5;/h2-3,6H,1,9H2;1H. The molecule has 0 saturated heterocycles. The first-order valence-electron chi connectivity index (χ1n) is 3.02. The summed E-state index contributed by atoms with van der Waals surface area (Å²) in [6.45, 7) is 0.0422. The van der Waals surface area contributed by atoms with E-state index in [0.29, 0.717) is 5.56 Å². The molecule has 68 valence electrons. The van der Waals surface area contributed by atoms with Crippen molar-refractivity contribution in [3.05, 3.63) is 23.8 Å². The molecule has 1 aromatic heterocycles. The van der Waals surface area contributed by atoms with E-state index in [9.17, 15) is 8.78 Å². The second-order valence-corrected chi connectivity index (χ2v) is 1.94. The Morgan fingerprint density at radius 1 is 1.50 bits per heavy atom. The molecule has 0 aromatic carbocycles. The number of alkyl halides is 2. The van der Waals surface area contributed by atoms with E-state index in [4.69, 9.17) is 5.73 Å². The lowest BCUT2D eigenvalue weighted by Gasteiger charge is -2.02. The molecule has 0 radical (unpaired) electrons. The van der Waals surface area contributed by atoms with Crippen molar-refractivity contribution in [1.29, 1.82) is 0 Å². The summed E-state index contributed by atoms with van der Waals surface area (Å²) in [6.07, 6.45) is -0.189. The molecule has 3 nitrogen and oxygen atoms in total. The number of hydrogen-bond acceptors (Lipinski definition) is 3. The molecule has 0 unspecified atom stereocenters. The van der Waals surface area contributed by atoms with E-state index in [1.54, 1.807) is 0 Å². The van der Waals surface area contributed by atoms with E-state index in [1.807, 2.05) is 0 Å². The van der Waals surface area contributed by atoms with Crippen LogP contribution in [-0.4, -0.2) is 9.97 Å². The lowest BCUT2D eigenvalue weighted by molar-refractivity contribution is 0.144. The quantitative estimate of drug-likeness (QED) is 0.774. The minimum atomic E-state index is -2.57. The first-order chi connectivity index (χ1) is 5.25. The van der Waals surface area contributed by atoms with Crippen LogP contribution in [0.4, 0.5) is 8.78 Å². The summed E-state index contributed by atoms with van der Waals surface area (Å²) in [5.74, 6) is 0. The Morgan fingerprint density at radius 2 is 2.17 bits per heavy atom. The maximum atomic E-state index is 12.1. The SMILES string of the molecule is Cl.NCc1cncnc1C(F)F. The molecule has 12 heavy (non-hydrogen) atoms. The monoisotopic (exact) mass is 195 g/mol. The Balaban J connectivity index is 0.00000121. The van der Waals surface area contributed by atoms with Crippen LogP contribution in [0, 0.1) is 0 Å². The van der Waals surface area contributed by atoms with Crippen molar-refractivity contribution in [3.8, 4) is 0 Å². The van der Waals surface area contributed by atoms with Crippen LogP contribution >= 0.6 is 12.4 Å². The summed E-state index contributed by atoms with van der Waals surface area (Å²) < 4.78 is 24.1. The molecular formula is C6H8ClF2N3. The Hall–Kier alpha value is -0.810. The number of nitrogens with zero attached hydrogens (tertiary/aromatic N) is 2. The minimum absolute atomic E-state index is 0. The third-order valence-corrected chi connectivity index (χ3v) is 1.25. The lowest BCUT2D eigenvalue weighted by atomic mass is 10.2. The Labute approximate surface area is 74.4 Å². The van der Waals surface area contributed by atoms with Crippen LogP contribution in [0.5, 0.6) is 0 Å². The zero-order chi connectivity index (χ0) is 8.27. The molecule has 0 fully saturated rings. The van der Waals surface area contributed by atoms with E-state index in [0.717, 1.165) is 6.33 Å². The van der Waals surface area contributed by atoms with Crippen molar-refractivity contribution in [2.45, 2.75) is 13.0 Å². The Bertz CT molecular complexity index is 244. The molecule has 6 heteroatoms. The summed E-state index contributed by atoms with van der Waals surface area (Å²) in [6, 6.07) is 0.